The predicted octanol–water partition coefficient (Wildman–Crippen LogP) is 1.99. The summed E-state index contributed by atoms with van der Waals surface area (Å²) in [4.78, 5) is 8.19. The zero-order valence-corrected chi connectivity index (χ0v) is 12.1. The number of hydrogen-bond acceptors (Lipinski definition) is 6. The van der Waals surface area contributed by atoms with Crippen molar-refractivity contribution in [2.24, 2.45) is 0 Å². The van der Waals surface area contributed by atoms with Gasteiger partial charge in [-0.05, 0) is 26.0 Å². The Balaban J connectivity index is 2.22. The average Bonchev–Trinajstić information content (AvgIpc) is 2.50. The van der Waals surface area contributed by atoms with Gasteiger partial charge in [0.15, 0.2) is 0 Å². The molecule has 2 aromatic rings. The topological polar surface area (TPSA) is 87.5 Å². The van der Waals surface area contributed by atoms with Crippen molar-refractivity contribution in [1.82, 2.24) is 9.97 Å². The molecule has 6 nitrogen and oxygen atoms in total. The number of hydrogen-bond donors (Lipinski definition) is 3. The van der Waals surface area contributed by atoms with Gasteiger partial charge in [-0.3, -0.25) is 4.98 Å². The molecule has 6 heteroatoms. The summed E-state index contributed by atoms with van der Waals surface area (Å²) in [6.45, 7) is 4.29. The third-order valence-electron chi connectivity index (χ3n) is 3.11. The Morgan fingerprint density at radius 3 is 2.86 bits per heavy atom. The monoisotopic (exact) mass is 289 g/mol. The molecule has 0 aromatic carbocycles. The van der Waals surface area contributed by atoms with Gasteiger partial charge in [-0.1, -0.05) is 0 Å². The van der Waals surface area contributed by atoms with E-state index in [2.05, 4.69) is 15.3 Å². The maximum Gasteiger partial charge on any atom is 0.237 e. The van der Waals surface area contributed by atoms with Gasteiger partial charge in [0.25, 0.3) is 0 Å². The number of nitrogens with one attached hydrogen (secondary N) is 1. The minimum atomic E-state index is -0.177. The molecule has 0 bridgehead atoms. The van der Waals surface area contributed by atoms with E-state index in [1.165, 1.54) is 0 Å². The number of ether oxygens (including phenoxy) is 1. The second-order valence-electron chi connectivity index (χ2n) is 4.50. The van der Waals surface area contributed by atoms with E-state index >= 15 is 0 Å². The zero-order chi connectivity index (χ0) is 15.2. The van der Waals surface area contributed by atoms with Crippen molar-refractivity contribution in [3.63, 3.8) is 0 Å². The molecule has 0 fully saturated rings. The zero-order valence-electron chi connectivity index (χ0n) is 12.1. The SMILES string of the molecule is CCOc1ncccc1NCc1c(CO)cnc(C)c1O. The van der Waals surface area contributed by atoms with Crippen LogP contribution in [0.3, 0.4) is 0 Å². The predicted molar refractivity (Wildman–Crippen MR) is 79.3 cm³/mol. The van der Waals surface area contributed by atoms with Crippen molar-refractivity contribution < 1.29 is 14.9 Å². The molecule has 0 atom stereocenters. The van der Waals surface area contributed by atoms with Crippen molar-refractivity contribution in [1.29, 1.82) is 0 Å². The van der Waals surface area contributed by atoms with Gasteiger partial charge in [0.2, 0.25) is 5.88 Å². The summed E-state index contributed by atoms with van der Waals surface area (Å²) < 4.78 is 5.44. The standard InChI is InChI=1S/C15H19N3O3/c1-3-21-15-13(5-4-6-16-15)18-8-12-11(9-19)7-17-10(2)14(12)20/h4-7,18-20H,3,8-9H2,1-2H3. The Morgan fingerprint density at radius 1 is 1.33 bits per heavy atom. The summed E-state index contributed by atoms with van der Waals surface area (Å²) in [6.07, 6.45) is 3.22. The van der Waals surface area contributed by atoms with E-state index in [1.54, 1.807) is 25.4 Å². The van der Waals surface area contributed by atoms with Crippen molar-refractivity contribution >= 4 is 5.69 Å². The first-order valence-corrected chi connectivity index (χ1v) is 6.76. The number of aliphatic hydroxyl groups excluding tert-OH is 1. The van der Waals surface area contributed by atoms with E-state index in [0.717, 1.165) is 5.69 Å². The molecule has 0 unspecified atom stereocenters. The second-order valence-corrected chi connectivity index (χ2v) is 4.50. The Kier molecular flexibility index (Phi) is 4.94. The molecule has 2 rings (SSSR count). The number of aromatic hydroxyl groups is 1. The summed E-state index contributed by atoms with van der Waals surface area (Å²) >= 11 is 0. The molecule has 0 radical (unpaired) electrons. The van der Waals surface area contributed by atoms with Crippen LogP contribution in [0.2, 0.25) is 0 Å². The van der Waals surface area contributed by atoms with Crippen molar-refractivity contribution in [2.45, 2.75) is 27.0 Å². The molecule has 0 saturated heterocycles. The average molecular weight is 289 g/mol. The molecule has 0 aliphatic carbocycles. The molecular formula is C15H19N3O3. The number of rotatable bonds is 6. The van der Waals surface area contributed by atoms with E-state index in [4.69, 9.17) is 4.74 Å². The van der Waals surface area contributed by atoms with Crippen molar-refractivity contribution in [3.05, 3.63) is 41.3 Å². The molecule has 112 valence electrons. The number of pyridine rings is 2. The molecule has 0 aliphatic rings. The van der Waals surface area contributed by atoms with Gasteiger partial charge in [-0.2, -0.15) is 0 Å². The maximum atomic E-state index is 10.1. The summed E-state index contributed by atoms with van der Waals surface area (Å²) in [5.74, 6) is 0.603. The van der Waals surface area contributed by atoms with E-state index in [9.17, 15) is 10.2 Å². The third kappa shape index (κ3) is 3.41. The van der Waals surface area contributed by atoms with Crippen LogP contribution in [0.25, 0.3) is 0 Å². The smallest absolute Gasteiger partial charge is 0.237 e. The van der Waals surface area contributed by atoms with Gasteiger partial charge in [0, 0.05) is 30.1 Å². The van der Waals surface area contributed by atoms with Crippen LogP contribution in [0.15, 0.2) is 24.5 Å². The largest absolute Gasteiger partial charge is 0.506 e. The van der Waals surface area contributed by atoms with Crippen LogP contribution in [-0.2, 0) is 13.2 Å². The second kappa shape index (κ2) is 6.90. The Labute approximate surface area is 123 Å². The van der Waals surface area contributed by atoms with Gasteiger partial charge in [0.05, 0.1) is 24.6 Å². The summed E-state index contributed by atoms with van der Waals surface area (Å²) in [7, 11) is 0. The molecule has 0 amide bonds. The van der Waals surface area contributed by atoms with Gasteiger partial charge in [-0.25, -0.2) is 4.98 Å². The van der Waals surface area contributed by atoms with Crippen molar-refractivity contribution in [3.8, 4) is 11.6 Å². The van der Waals surface area contributed by atoms with Crippen LogP contribution in [-0.4, -0.2) is 26.8 Å². The Hall–Kier alpha value is -2.34. The van der Waals surface area contributed by atoms with Crippen LogP contribution >= 0.6 is 0 Å². The van der Waals surface area contributed by atoms with Crippen LogP contribution in [0.4, 0.5) is 5.69 Å². The quantitative estimate of drug-likeness (QED) is 0.754. The summed E-state index contributed by atoms with van der Waals surface area (Å²) in [5, 5.41) is 22.6. The molecule has 2 heterocycles. The highest BCUT2D eigenvalue weighted by atomic mass is 16.5. The molecular weight excluding hydrogens is 270 g/mol. The number of anilines is 1. The number of aromatic nitrogens is 2. The molecule has 2 aromatic heterocycles. The minimum Gasteiger partial charge on any atom is -0.506 e. The van der Waals surface area contributed by atoms with E-state index < -0.39 is 0 Å². The fraction of sp³-hybridized carbons (Fsp3) is 0.333. The lowest BCUT2D eigenvalue weighted by Crippen LogP contribution is -2.07. The molecule has 0 spiro atoms. The Bertz CT molecular complexity index is 617. The van der Waals surface area contributed by atoms with Crippen LogP contribution in [0.1, 0.15) is 23.7 Å². The fourth-order valence-electron chi connectivity index (χ4n) is 1.98. The highest BCUT2D eigenvalue weighted by Crippen LogP contribution is 2.27. The first-order chi connectivity index (χ1) is 10.2. The minimum absolute atomic E-state index is 0.0934. The number of aryl methyl sites for hydroxylation is 1. The van der Waals surface area contributed by atoms with E-state index in [-0.39, 0.29) is 12.4 Å². The van der Waals surface area contributed by atoms with Crippen LogP contribution in [0, 0.1) is 6.92 Å². The number of aliphatic hydroxyl groups is 1. The lowest BCUT2D eigenvalue weighted by Gasteiger charge is -2.14. The third-order valence-corrected chi connectivity index (χ3v) is 3.11. The highest BCUT2D eigenvalue weighted by Gasteiger charge is 2.12. The Morgan fingerprint density at radius 2 is 2.14 bits per heavy atom. The number of nitrogens with zero attached hydrogens (tertiary/aromatic N) is 2. The van der Waals surface area contributed by atoms with Crippen molar-refractivity contribution in [2.75, 3.05) is 11.9 Å². The van der Waals surface area contributed by atoms with Gasteiger partial charge >= 0.3 is 0 Å². The normalized spacial score (nSPS) is 10.4. The van der Waals surface area contributed by atoms with Gasteiger partial charge in [-0.15, -0.1) is 0 Å². The highest BCUT2D eigenvalue weighted by molar-refractivity contribution is 5.53. The van der Waals surface area contributed by atoms with Crippen LogP contribution in [0.5, 0.6) is 11.6 Å². The summed E-state index contributed by atoms with van der Waals surface area (Å²) in [5.41, 5.74) is 2.47. The molecule has 0 saturated carbocycles. The van der Waals surface area contributed by atoms with E-state index in [0.29, 0.717) is 35.9 Å². The van der Waals surface area contributed by atoms with Crippen LogP contribution < -0.4 is 10.1 Å². The maximum absolute atomic E-state index is 10.1. The van der Waals surface area contributed by atoms with Gasteiger partial charge in [0.1, 0.15) is 5.75 Å². The first kappa shape index (κ1) is 15.1. The molecule has 0 aliphatic heterocycles. The summed E-state index contributed by atoms with van der Waals surface area (Å²) in [6, 6.07) is 3.65. The van der Waals surface area contributed by atoms with Gasteiger partial charge < -0.3 is 20.3 Å². The lowest BCUT2D eigenvalue weighted by atomic mass is 10.1. The van der Waals surface area contributed by atoms with E-state index in [1.807, 2.05) is 13.0 Å². The molecule has 21 heavy (non-hydrogen) atoms. The lowest BCUT2D eigenvalue weighted by molar-refractivity contribution is 0.279. The first-order valence-electron chi connectivity index (χ1n) is 6.76. The fourth-order valence-corrected chi connectivity index (χ4v) is 1.98. The molecule has 3 N–H and O–H groups in total.